The molecule has 0 aromatic carbocycles. The summed E-state index contributed by atoms with van der Waals surface area (Å²) in [6.45, 7) is 16.7. The number of nitrogens with two attached hydrogens (primary N) is 1. The van der Waals surface area contributed by atoms with Crippen molar-refractivity contribution in [3.63, 3.8) is 0 Å². The standard InChI is InChI=1S/C37H57NO5.ClH/c1-21(2)29-25(39)20-37(38)18-17-35(6)24(30(29)37)11-12-27-34(5)15-14-28(33(3,4)26(34)13-16-36(27,35)7)43-32(42)23-10-8-9-22(19-23)31(40)41;/h21-24,26-28H,8-20,38H2,1-7H3,(H,40,41);1H/t22-,23+,24?,26?,27?,28+,34+,35-,36-,37-;/m1./s1. The van der Waals surface area contributed by atoms with Crippen LogP contribution in [0.2, 0.25) is 0 Å². The first kappa shape index (κ1) is 33.9. The first-order chi connectivity index (χ1) is 20.0. The Morgan fingerprint density at radius 2 is 1.55 bits per heavy atom. The molecule has 3 unspecified atom stereocenters. The van der Waals surface area contributed by atoms with Crippen LogP contribution in [0.15, 0.2) is 11.1 Å². The fraction of sp³-hybridized carbons (Fsp3) is 0.865. The number of carbonyl (C=O) groups is 3. The lowest BCUT2D eigenvalue weighted by atomic mass is 9.33. The number of carboxylic acid groups (broad SMARTS) is 1. The van der Waals surface area contributed by atoms with Gasteiger partial charge in [-0.05, 0) is 122 Å². The maximum absolute atomic E-state index is 13.4. The van der Waals surface area contributed by atoms with Gasteiger partial charge in [0.25, 0.3) is 0 Å². The summed E-state index contributed by atoms with van der Waals surface area (Å²) in [5, 5.41) is 9.54. The summed E-state index contributed by atoms with van der Waals surface area (Å²) in [6.07, 6.45) is 11.4. The van der Waals surface area contributed by atoms with Gasteiger partial charge in [0.15, 0.2) is 5.78 Å². The molecule has 0 radical (unpaired) electrons. The van der Waals surface area contributed by atoms with Gasteiger partial charge in [0.2, 0.25) is 0 Å². The van der Waals surface area contributed by atoms with Crippen LogP contribution in [0.1, 0.15) is 132 Å². The third-order valence-corrected chi connectivity index (χ3v) is 15.0. The van der Waals surface area contributed by atoms with Crippen molar-refractivity contribution in [2.45, 2.75) is 144 Å². The quantitative estimate of drug-likeness (QED) is 0.305. The normalized spacial score (nSPS) is 46.2. The maximum Gasteiger partial charge on any atom is 0.309 e. The van der Waals surface area contributed by atoms with Crippen LogP contribution in [0, 0.1) is 57.2 Å². The molecule has 7 heteroatoms. The van der Waals surface area contributed by atoms with Crippen LogP contribution in [-0.2, 0) is 19.1 Å². The van der Waals surface area contributed by atoms with Crippen molar-refractivity contribution in [2.24, 2.45) is 62.9 Å². The van der Waals surface area contributed by atoms with E-state index < -0.39 is 17.4 Å². The van der Waals surface area contributed by atoms with E-state index >= 15 is 0 Å². The molecule has 0 aliphatic heterocycles. The number of esters is 1. The van der Waals surface area contributed by atoms with Gasteiger partial charge in [-0.1, -0.05) is 54.9 Å². The molecule has 0 aromatic rings. The van der Waals surface area contributed by atoms with Gasteiger partial charge in [0.1, 0.15) is 6.10 Å². The Morgan fingerprint density at radius 3 is 2.20 bits per heavy atom. The zero-order chi connectivity index (χ0) is 31.3. The molecule has 0 heterocycles. The van der Waals surface area contributed by atoms with Gasteiger partial charge < -0.3 is 15.6 Å². The minimum Gasteiger partial charge on any atom is -0.481 e. The van der Waals surface area contributed by atoms with E-state index in [4.69, 9.17) is 10.5 Å². The number of carboxylic acids is 1. The van der Waals surface area contributed by atoms with Crippen molar-refractivity contribution in [3.8, 4) is 0 Å². The molecule has 44 heavy (non-hydrogen) atoms. The zero-order valence-corrected chi connectivity index (χ0v) is 29.1. The molecule has 3 N–H and O–H groups in total. The number of halogens is 1. The topological polar surface area (TPSA) is 107 Å². The molecular formula is C37H58ClNO5. The van der Waals surface area contributed by atoms with Gasteiger partial charge in [-0.3, -0.25) is 14.4 Å². The molecule has 10 atom stereocenters. The van der Waals surface area contributed by atoms with E-state index in [2.05, 4.69) is 48.5 Å². The molecule has 0 saturated heterocycles. The van der Waals surface area contributed by atoms with Crippen molar-refractivity contribution in [2.75, 3.05) is 0 Å². The van der Waals surface area contributed by atoms with E-state index in [1.165, 1.54) is 12.0 Å². The largest absolute Gasteiger partial charge is 0.481 e. The molecule has 0 bridgehead atoms. The van der Waals surface area contributed by atoms with Crippen LogP contribution >= 0.6 is 12.4 Å². The zero-order valence-electron chi connectivity index (χ0n) is 28.3. The summed E-state index contributed by atoms with van der Waals surface area (Å²) < 4.78 is 6.35. The molecule has 0 aromatic heterocycles. The van der Waals surface area contributed by atoms with Crippen LogP contribution in [0.4, 0.5) is 0 Å². The first-order valence-corrected chi connectivity index (χ1v) is 17.5. The molecule has 248 valence electrons. The number of ether oxygens (including phenoxy) is 1. The molecule has 5 fully saturated rings. The maximum atomic E-state index is 13.4. The molecule has 5 saturated carbocycles. The average molecular weight is 632 g/mol. The Morgan fingerprint density at radius 1 is 0.864 bits per heavy atom. The number of rotatable bonds is 4. The van der Waals surface area contributed by atoms with Crippen LogP contribution < -0.4 is 5.73 Å². The number of carbonyl (C=O) groups excluding carboxylic acids is 2. The van der Waals surface area contributed by atoms with E-state index in [0.717, 1.165) is 63.4 Å². The second-order valence-electron chi connectivity index (χ2n) is 17.5. The fourth-order valence-corrected chi connectivity index (χ4v) is 12.7. The smallest absolute Gasteiger partial charge is 0.309 e. The lowest BCUT2D eigenvalue weighted by Gasteiger charge is -2.72. The van der Waals surface area contributed by atoms with Crippen LogP contribution in [0.5, 0.6) is 0 Å². The van der Waals surface area contributed by atoms with Gasteiger partial charge in [0, 0.05) is 17.4 Å². The molecule has 6 aliphatic rings. The number of hydrogen-bond acceptors (Lipinski definition) is 5. The molecule has 0 spiro atoms. The summed E-state index contributed by atoms with van der Waals surface area (Å²) in [5.41, 5.74) is 9.33. The number of Topliss-reactive ketones (excluding diaryl/α,β-unsaturated/α-hetero) is 1. The highest BCUT2D eigenvalue weighted by atomic mass is 35.5. The fourth-order valence-electron chi connectivity index (χ4n) is 12.7. The summed E-state index contributed by atoms with van der Waals surface area (Å²) in [4.78, 5) is 38.3. The third kappa shape index (κ3) is 4.68. The summed E-state index contributed by atoms with van der Waals surface area (Å²) in [5.74, 6) is 0.247. The van der Waals surface area contributed by atoms with Crippen LogP contribution in [0.25, 0.3) is 0 Å². The van der Waals surface area contributed by atoms with Crippen molar-refractivity contribution in [3.05, 3.63) is 11.1 Å². The van der Waals surface area contributed by atoms with Gasteiger partial charge in [0.05, 0.1) is 11.8 Å². The average Bonchev–Trinajstić information content (AvgIpc) is 3.21. The van der Waals surface area contributed by atoms with Gasteiger partial charge >= 0.3 is 11.9 Å². The summed E-state index contributed by atoms with van der Waals surface area (Å²) >= 11 is 0. The second kappa shape index (κ2) is 11.1. The van der Waals surface area contributed by atoms with Gasteiger partial charge in [-0.25, -0.2) is 0 Å². The second-order valence-corrected chi connectivity index (χ2v) is 17.5. The SMILES string of the molecule is CC(C)C1=C2C3CCC4[C@@]5(C)CC[C@H](OC(=O)[C@H]6CCC[C@@H](C(=O)O)C6)C(C)(C)C5CC[C@@]4(C)[C@]3(C)CC[C@@]2(N)CC1=O.Cl. The lowest BCUT2D eigenvalue weighted by molar-refractivity contribution is -0.232. The molecule has 0 amide bonds. The lowest BCUT2D eigenvalue weighted by Crippen LogP contribution is -2.66. The van der Waals surface area contributed by atoms with Crippen molar-refractivity contribution in [1.82, 2.24) is 0 Å². The Bertz CT molecular complexity index is 1240. The predicted octanol–water partition coefficient (Wildman–Crippen LogP) is 7.90. The van der Waals surface area contributed by atoms with Crippen LogP contribution in [-0.4, -0.2) is 34.5 Å². The number of fused-ring (bicyclic) bond motifs is 7. The van der Waals surface area contributed by atoms with E-state index in [1.807, 2.05) is 0 Å². The summed E-state index contributed by atoms with van der Waals surface area (Å²) in [6, 6.07) is 0. The van der Waals surface area contributed by atoms with Crippen molar-refractivity contribution in [1.29, 1.82) is 0 Å². The molecular weight excluding hydrogens is 574 g/mol. The predicted molar refractivity (Wildman–Crippen MR) is 174 cm³/mol. The Hall–Kier alpha value is -1.40. The molecule has 6 aliphatic carbocycles. The minimum atomic E-state index is -0.786. The number of ketones is 1. The number of hydrogen-bond donors (Lipinski definition) is 2. The highest BCUT2D eigenvalue weighted by Crippen LogP contribution is 2.75. The van der Waals surface area contributed by atoms with E-state index in [-0.39, 0.29) is 58.0 Å². The summed E-state index contributed by atoms with van der Waals surface area (Å²) in [7, 11) is 0. The van der Waals surface area contributed by atoms with Gasteiger partial charge in [-0.2, -0.15) is 0 Å². The number of aliphatic carboxylic acids is 1. The highest BCUT2D eigenvalue weighted by molar-refractivity contribution is 6.01. The first-order valence-electron chi connectivity index (χ1n) is 17.5. The van der Waals surface area contributed by atoms with Crippen molar-refractivity contribution < 1.29 is 24.2 Å². The molecule has 6 nitrogen and oxygen atoms in total. The Balaban J connectivity index is 0.00000384. The van der Waals surface area contributed by atoms with E-state index in [1.54, 1.807) is 0 Å². The Kier molecular flexibility index (Phi) is 8.56. The third-order valence-electron chi connectivity index (χ3n) is 15.0. The van der Waals surface area contributed by atoms with E-state index in [0.29, 0.717) is 42.8 Å². The van der Waals surface area contributed by atoms with Crippen molar-refractivity contribution >= 4 is 30.1 Å². The Labute approximate surface area is 271 Å². The highest BCUT2D eigenvalue weighted by Gasteiger charge is 2.69. The number of allylic oxidation sites excluding steroid dienone is 1. The van der Waals surface area contributed by atoms with E-state index in [9.17, 15) is 19.5 Å². The van der Waals surface area contributed by atoms with Crippen LogP contribution in [0.3, 0.4) is 0 Å². The van der Waals surface area contributed by atoms with Gasteiger partial charge in [-0.15, -0.1) is 12.4 Å². The monoisotopic (exact) mass is 631 g/mol. The molecule has 6 rings (SSSR count). The minimum absolute atomic E-state index is 0.